The van der Waals surface area contributed by atoms with E-state index >= 15 is 0 Å². The Labute approximate surface area is 261 Å². The quantitative estimate of drug-likeness (QED) is 0.112. The number of thioether (sulfide) groups is 1. The van der Waals surface area contributed by atoms with E-state index in [-0.39, 0.29) is 22.8 Å². The molecule has 0 bridgehead atoms. The highest BCUT2D eigenvalue weighted by molar-refractivity contribution is 8.00. The molecule has 3 amide bonds. The number of amides is 3. The van der Waals surface area contributed by atoms with Gasteiger partial charge < -0.3 is 16.0 Å². The smallest absolute Gasteiger partial charge is 0.272 e. The molecule has 0 aliphatic rings. The second-order valence-electron chi connectivity index (χ2n) is 10.3. The number of carbonyl (C=O) groups excluding carboxylic acids is 3. The second-order valence-corrected chi connectivity index (χ2v) is 11.6. The molecule has 0 aliphatic heterocycles. The van der Waals surface area contributed by atoms with E-state index in [1.165, 1.54) is 11.8 Å². The number of fused-ring (bicyclic) bond motifs is 1. The number of hydrogen-bond donors (Lipinski definition) is 3. The van der Waals surface area contributed by atoms with Gasteiger partial charge in [0.25, 0.3) is 11.8 Å². The van der Waals surface area contributed by atoms with Gasteiger partial charge in [-0.1, -0.05) is 97.4 Å². The minimum absolute atomic E-state index is 0.0877. The first-order chi connectivity index (χ1) is 21.4. The average molecular weight is 600 g/mol. The molecule has 0 spiro atoms. The zero-order valence-corrected chi connectivity index (χ0v) is 25.4. The maximum atomic E-state index is 13.5. The number of nitrogens with one attached hydrogen (secondary N) is 3. The zero-order chi connectivity index (χ0) is 30.9. The maximum absolute atomic E-state index is 13.5. The van der Waals surface area contributed by atoms with Gasteiger partial charge in [0.1, 0.15) is 5.70 Å². The van der Waals surface area contributed by atoms with Gasteiger partial charge in [0.2, 0.25) is 5.91 Å². The van der Waals surface area contributed by atoms with Crippen LogP contribution in [0.4, 0.5) is 11.4 Å². The van der Waals surface area contributed by atoms with Crippen LogP contribution in [0.25, 0.3) is 16.8 Å². The van der Waals surface area contributed by atoms with E-state index in [9.17, 15) is 14.4 Å². The number of benzene rings is 5. The first-order valence-electron chi connectivity index (χ1n) is 14.4. The molecule has 1 atom stereocenters. The Morgan fingerprint density at radius 1 is 0.773 bits per heavy atom. The molecule has 5 aromatic rings. The molecular weight excluding hydrogens is 566 g/mol. The Kier molecular flexibility index (Phi) is 9.89. The van der Waals surface area contributed by atoms with Gasteiger partial charge in [0.15, 0.2) is 0 Å². The van der Waals surface area contributed by atoms with Gasteiger partial charge in [0.05, 0.1) is 5.25 Å². The Balaban J connectivity index is 1.31. The van der Waals surface area contributed by atoms with Crippen molar-refractivity contribution < 1.29 is 14.4 Å². The maximum Gasteiger partial charge on any atom is 0.272 e. The van der Waals surface area contributed by atoms with Crippen LogP contribution in [0, 0.1) is 6.92 Å². The van der Waals surface area contributed by atoms with Crippen molar-refractivity contribution in [2.24, 2.45) is 0 Å². The highest BCUT2D eigenvalue weighted by atomic mass is 32.2. The fourth-order valence-corrected chi connectivity index (χ4v) is 5.76. The molecule has 220 valence electrons. The Morgan fingerprint density at radius 2 is 1.50 bits per heavy atom. The summed E-state index contributed by atoms with van der Waals surface area (Å²) in [6.45, 7) is 3.94. The molecule has 5 rings (SSSR count). The van der Waals surface area contributed by atoms with Crippen molar-refractivity contribution in [1.29, 1.82) is 0 Å². The monoisotopic (exact) mass is 599 g/mol. The lowest BCUT2D eigenvalue weighted by molar-refractivity contribution is -0.116. The van der Waals surface area contributed by atoms with E-state index in [0.717, 1.165) is 32.5 Å². The summed E-state index contributed by atoms with van der Waals surface area (Å²) in [5, 5.41) is 10.5. The van der Waals surface area contributed by atoms with Crippen LogP contribution in [0.3, 0.4) is 0 Å². The van der Waals surface area contributed by atoms with Crippen molar-refractivity contribution in [2.75, 3.05) is 10.6 Å². The molecular formula is C37H33N3O3S. The van der Waals surface area contributed by atoms with E-state index < -0.39 is 5.91 Å². The lowest BCUT2D eigenvalue weighted by atomic mass is 10.1. The third kappa shape index (κ3) is 7.82. The predicted octanol–water partition coefficient (Wildman–Crippen LogP) is 8.07. The summed E-state index contributed by atoms with van der Waals surface area (Å²) in [6, 6.07) is 37.6. The third-order valence-corrected chi connectivity index (χ3v) is 8.32. The lowest BCUT2D eigenvalue weighted by Gasteiger charge is -2.17. The SMILES string of the molecule is CCC(Sc1cccc(NC(=O)/C(=C\c2cccc(C)c2)NC(=O)c2ccccc2)c1)C(=O)Nc1cccc2ccccc12. The predicted molar refractivity (Wildman–Crippen MR) is 181 cm³/mol. The molecule has 0 saturated carbocycles. The summed E-state index contributed by atoms with van der Waals surface area (Å²) < 4.78 is 0. The summed E-state index contributed by atoms with van der Waals surface area (Å²) in [5.74, 6) is -0.930. The summed E-state index contributed by atoms with van der Waals surface area (Å²) in [4.78, 5) is 40.6. The highest BCUT2D eigenvalue weighted by Crippen LogP contribution is 2.30. The van der Waals surface area contributed by atoms with E-state index in [0.29, 0.717) is 17.7 Å². The van der Waals surface area contributed by atoms with Gasteiger partial charge in [0, 0.05) is 27.2 Å². The Hall–Kier alpha value is -5.14. The zero-order valence-electron chi connectivity index (χ0n) is 24.5. The van der Waals surface area contributed by atoms with Gasteiger partial charge in [-0.2, -0.15) is 0 Å². The van der Waals surface area contributed by atoms with Crippen molar-refractivity contribution >= 4 is 57.7 Å². The first-order valence-corrected chi connectivity index (χ1v) is 15.3. The van der Waals surface area contributed by atoms with Crippen LogP contribution in [-0.2, 0) is 9.59 Å². The fraction of sp³-hybridized carbons (Fsp3) is 0.108. The summed E-state index contributed by atoms with van der Waals surface area (Å²) >= 11 is 1.44. The van der Waals surface area contributed by atoms with Crippen LogP contribution >= 0.6 is 11.8 Å². The standard InChI is InChI=1S/C37H33N3O3S/c1-3-34(37(43)39-32-21-10-17-27-14-7-8-20-31(27)32)44-30-19-11-18-29(24-30)38-36(42)33(23-26-13-9-12-25(2)22-26)40-35(41)28-15-5-4-6-16-28/h4-24,34H,3H2,1-2H3,(H,38,42)(H,39,43)(H,40,41)/b33-23+. The molecule has 0 radical (unpaired) electrons. The minimum atomic E-state index is -0.460. The molecule has 0 heterocycles. The van der Waals surface area contributed by atoms with Crippen LogP contribution in [0.15, 0.2) is 132 Å². The number of hydrogen-bond acceptors (Lipinski definition) is 4. The van der Waals surface area contributed by atoms with Crippen LogP contribution < -0.4 is 16.0 Å². The van der Waals surface area contributed by atoms with E-state index in [1.807, 2.05) is 105 Å². The topological polar surface area (TPSA) is 87.3 Å². The number of carbonyl (C=O) groups is 3. The van der Waals surface area contributed by atoms with Gasteiger partial charge in [-0.15, -0.1) is 11.8 Å². The van der Waals surface area contributed by atoms with Crippen molar-refractivity contribution in [2.45, 2.75) is 30.4 Å². The number of rotatable bonds is 10. The number of aryl methyl sites for hydroxylation is 1. The van der Waals surface area contributed by atoms with Crippen LogP contribution in [0.2, 0.25) is 0 Å². The minimum Gasteiger partial charge on any atom is -0.325 e. The molecule has 44 heavy (non-hydrogen) atoms. The Morgan fingerprint density at radius 3 is 2.30 bits per heavy atom. The van der Waals surface area contributed by atoms with Gasteiger partial charge in [-0.3, -0.25) is 14.4 Å². The average Bonchev–Trinajstić information content (AvgIpc) is 3.04. The van der Waals surface area contributed by atoms with Crippen molar-refractivity contribution in [3.05, 3.63) is 144 Å². The van der Waals surface area contributed by atoms with Crippen LogP contribution in [-0.4, -0.2) is 23.0 Å². The van der Waals surface area contributed by atoms with E-state index in [2.05, 4.69) is 16.0 Å². The van der Waals surface area contributed by atoms with Crippen LogP contribution in [0.1, 0.15) is 34.8 Å². The number of anilines is 2. The molecule has 3 N–H and O–H groups in total. The molecule has 0 fully saturated rings. The summed E-state index contributed by atoms with van der Waals surface area (Å²) in [5.41, 5.74) is 3.71. The molecule has 1 unspecified atom stereocenters. The van der Waals surface area contributed by atoms with Crippen LogP contribution in [0.5, 0.6) is 0 Å². The van der Waals surface area contributed by atoms with Crippen molar-refractivity contribution in [1.82, 2.24) is 5.32 Å². The molecule has 7 heteroatoms. The lowest BCUT2D eigenvalue weighted by Crippen LogP contribution is -2.30. The molecule has 0 saturated heterocycles. The second kappa shape index (κ2) is 14.4. The molecule has 6 nitrogen and oxygen atoms in total. The molecule has 0 aromatic heterocycles. The molecule has 5 aromatic carbocycles. The van der Waals surface area contributed by atoms with Gasteiger partial charge in [-0.25, -0.2) is 0 Å². The fourth-order valence-electron chi connectivity index (χ4n) is 4.75. The third-order valence-electron chi connectivity index (χ3n) is 6.96. The van der Waals surface area contributed by atoms with Gasteiger partial charge in [-0.05, 0) is 66.8 Å². The van der Waals surface area contributed by atoms with Crippen molar-refractivity contribution in [3.8, 4) is 0 Å². The first kappa shape index (κ1) is 30.3. The van der Waals surface area contributed by atoms with Crippen molar-refractivity contribution in [3.63, 3.8) is 0 Å². The van der Waals surface area contributed by atoms with E-state index in [4.69, 9.17) is 0 Å². The highest BCUT2D eigenvalue weighted by Gasteiger charge is 2.20. The largest absolute Gasteiger partial charge is 0.325 e. The normalized spacial score (nSPS) is 11.9. The summed E-state index contributed by atoms with van der Waals surface area (Å²) in [6.07, 6.45) is 2.28. The van der Waals surface area contributed by atoms with E-state index in [1.54, 1.807) is 36.4 Å². The Bertz CT molecular complexity index is 1830. The molecule has 0 aliphatic carbocycles. The summed E-state index contributed by atoms with van der Waals surface area (Å²) in [7, 11) is 0. The van der Waals surface area contributed by atoms with Gasteiger partial charge >= 0.3 is 0 Å².